The summed E-state index contributed by atoms with van der Waals surface area (Å²) >= 11 is 0. The van der Waals surface area contributed by atoms with Crippen LogP contribution in [0.3, 0.4) is 0 Å². The lowest BCUT2D eigenvalue weighted by Gasteiger charge is -2.02. The lowest BCUT2D eigenvalue weighted by molar-refractivity contribution is 0.241. The average Bonchev–Trinajstić information content (AvgIpc) is 2.45. The lowest BCUT2D eigenvalue weighted by Crippen LogP contribution is -2.36. The quantitative estimate of drug-likeness (QED) is 0.531. The van der Waals surface area contributed by atoms with Gasteiger partial charge in [-0.25, -0.2) is 9.59 Å². The Morgan fingerprint density at radius 2 is 1.15 bits per heavy atom. The zero-order valence-corrected chi connectivity index (χ0v) is 12.1. The molecule has 20 heavy (non-hydrogen) atoms. The average molecular weight is 278 g/mol. The Labute approximate surface area is 120 Å². The van der Waals surface area contributed by atoms with E-state index in [-0.39, 0.29) is 25.2 Å². The van der Waals surface area contributed by atoms with Crippen LogP contribution >= 0.6 is 0 Å². The van der Waals surface area contributed by atoms with Gasteiger partial charge in [0.05, 0.1) is 13.1 Å². The summed E-state index contributed by atoms with van der Waals surface area (Å²) in [5, 5.41) is 10.5. The van der Waals surface area contributed by atoms with Gasteiger partial charge in [0, 0.05) is 13.1 Å². The molecule has 0 radical (unpaired) electrons. The van der Waals surface area contributed by atoms with Crippen LogP contribution in [0.25, 0.3) is 0 Å². The summed E-state index contributed by atoms with van der Waals surface area (Å²) in [7, 11) is 0. The van der Waals surface area contributed by atoms with E-state index >= 15 is 0 Å². The number of carbonyl (C=O) groups is 2. The molecule has 0 rings (SSSR count). The maximum absolute atomic E-state index is 11.1. The summed E-state index contributed by atoms with van der Waals surface area (Å²) in [6, 6.07) is -0.466. The number of rotatable bonds is 6. The highest BCUT2D eigenvalue weighted by Crippen LogP contribution is 1.71. The Balaban J connectivity index is 3.64. The van der Waals surface area contributed by atoms with E-state index in [1.54, 1.807) is 0 Å². The van der Waals surface area contributed by atoms with Gasteiger partial charge in [-0.3, -0.25) is 0 Å². The minimum absolute atomic E-state index is 0.233. The fraction of sp³-hybridized carbons (Fsp3) is 0.571. The second-order valence-corrected chi connectivity index (χ2v) is 3.82. The molecule has 110 valence electrons. The van der Waals surface area contributed by atoms with E-state index in [2.05, 4.69) is 44.9 Å². The van der Waals surface area contributed by atoms with E-state index in [0.717, 1.165) is 12.8 Å². The predicted molar refractivity (Wildman–Crippen MR) is 78.9 cm³/mol. The van der Waals surface area contributed by atoms with Gasteiger partial charge in [0.2, 0.25) is 0 Å². The van der Waals surface area contributed by atoms with Gasteiger partial charge in [0.25, 0.3) is 0 Å². The first kappa shape index (κ1) is 17.7. The van der Waals surface area contributed by atoms with Crippen LogP contribution in [-0.4, -0.2) is 38.2 Å². The first-order chi connectivity index (χ1) is 9.70. The van der Waals surface area contributed by atoms with Crippen LogP contribution in [0.4, 0.5) is 9.59 Å². The smallest absolute Gasteiger partial charge is 0.315 e. The monoisotopic (exact) mass is 278 g/mol. The molecule has 0 heterocycles. The Bertz CT molecular complexity index is 372. The zero-order chi connectivity index (χ0) is 15.1. The minimum Gasteiger partial charge on any atom is -0.338 e. The highest BCUT2D eigenvalue weighted by molar-refractivity contribution is 5.74. The molecule has 0 saturated carbocycles. The third-order valence-corrected chi connectivity index (χ3v) is 1.99. The third kappa shape index (κ3) is 12.1. The number of carbonyl (C=O) groups excluding carboxylic acids is 2. The summed E-state index contributed by atoms with van der Waals surface area (Å²) in [5.74, 6) is 10.6. The molecule has 0 aliphatic heterocycles. The first-order valence-corrected chi connectivity index (χ1v) is 6.69. The first-order valence-electron chi connectivity index (χ1n) is 6.69. The summed E-state index contributed by atoms with van der Waals surface area (Å²) in [4.78, 5) is 22.2. The number of hydrogen-bond acceptors (Lipinski definition) is 2. The molecule has 0 atom stereocenters. The predicted octanol–water partition coefficient (Wildman–Crippen LogP) is 0.412. The van der Waals surface area contributed by atoms with Gasteiger partial charge < -0.3 is 21.3 Å². The maximum Gasteiger partial charge on any atom is 0.315 e. The van der Waals surface area contributed by atoms with Crippen molar-refractivity contribution in [1.82, 2.24) is 21.3 Å². The molecule has 4 amide bonds. The van der Waals surface area contributed by atoms with Crippen molar-refractivity contribution in [2.45, 2.75) is 26.7 Å². The Morgan fingerprint density at radius 1 is 0.750 bits per heavy atom. The fourth-order valence-corrected chi connectivity index (χ4v) is 1.03. The highest BCUT2D eigenvalue weighted by atomic mass is 16.2. The van der Waals surface area contributed by atoms with Gasteiger partial charge in [-0.05, 0) is 24.7 Å². The molecule has 0 aromatic carbocycles. The van der Waals surface area contributed by atoms with E-state index in [0.29, 0.717) is 13.1 Å². The van der Waals surface area contributed by atoms with Gasteiger partial charge in [0.15, 0.2) is 0 Å². The molecule has 0 saturated heterocycles. The molecule has 4 N–H and O–H groups in total. The normalized spacial score (nSPS) is 8.30. The molecule has 6 nitrogen and oxygen atoms in total. The Morgan fingerprint density at radius 3 is 1.50 bits per heavy atom. The molecule has 0 unspecified atom stereocenters. The molecule has 0 bridgehead atoms. The van der Waals surface area contributed by atoms with Crippen molar-refractivity contribution in [3.63, 3.8) is 0 Å². The van der Waals surface area contributed by atoms with Crippen molar-refractivity contribution < 1.29 is 9.59 Å². The van der Waals surface area contributed by atoms with E-state index < -0.39 is 0 Å². The molecule has 0 aromatic rings. The summed E-state index contributed by atoms with van der Waals surface area (Å²) in [6.07, 6.45) is 1.78. The van der Waals surface area contributed by atoms with Crippen molar-refractivity contribution in [2.75, 3.05) is 26.2 Å². The second-order valence-electron chi connectivity index (χ2n) is 3.82. The molecule has 6 heteroatoms. The zero-order valence-electron chi connectivity index (χ0n) is 12.1. The van der Waals surface area contributed by atoms with Crippen LogP contribution in [0.5, 0.6) is 0 Å². The summed E-state index contributed by atoms with van der Waals surface area (Å²) < 4.78 is 0. The maximum atomic E-state index is 11.1. The van der Waals surface area contributed by atoms with Crippen molar-refractivity contribution >= 4 is 12.1 Å². The Hall–Kier alpha value is -2.34. The van der Waals surface area contributed by atoms with Gasteiger partial charge in [-0.15, -0.1) is 0 Å². The van der Waals surface area contributed by atoms with Gasteiger partial charge in [-0.2, -0.15) is 0 Å². The number of urea groups is 2. The van der Waals surface area contributed by atoms with Crippen LogP contribution < -0.4 is 21.3 Å². The van der Waals surface area contributed by atoms with Crippen molar-refractivity contribution in [3.8, 4) is 23.7 Å². The number of hydrogen-bond donors (Lipinski definition) is 4. The molecule has 0 aliphatic carbocycles. The van der Waals surface area contributed by atoms with Crippen LogP contribution in [0.1, 0.15) is 26.7 Å². The standard InChI is InChI=1S/C14H22N4O2/c1-3-9-15-13(19)17-11-7-5-6-8-12-18-14(20)16-10-4-2/h3-4,9-12H2,1-2H3,(H2,15,17,19)(H2,16,18,20). The lowest BCUT2D eigenvalue weighted by atomic mass is 10.5. The number of nitrogens with one attached hydrogen (secondary N) is 4. The van der Waals surface area contributed by atoms with Gasteiger partial charge in [-0.1, -0.05) is 25.7 Å². The second kappa shape index (κ2) is 13.1. The van der Waals surface area contributed by atoms with E-state index in [9.17, 15) is 9.59 Å². The van der Waals surface area contributed by atoms with Crippen LogP contribution in [0, 0.1) is 23.7 Å². The van der Waals surface area contributed by atoms with Crippen molar-refractivity contribution in [2.24, 2.45) is 0 Å². The SMILES string of the molecule is CCCNC(=O)NCC#CC#CCNC(=O)NCCC. The van der Waals surface area contributed by atoms with Gasteiger partial charge in [0.1, 0.15) is 0 Å². The largest absolute Gasteiger partial charge is 0.338 e. The van der Waals surface area contributed by atoms with Crippen molar-refractivity contribution in [1.29, 1.82) is 0 Å². The van der Waals surface area contributed by atoms with Crippen LogP contribution in [0.2, 0.25) is 0 Å². The molecule has 0 aromatic heterocycles. The van der Waals surface area contributed by atoms with Crippen LogP contribution in [-0.2, 0) is 0 Å². The molecule has 0 spiro atoms. The number of amides is 4. The van der Waals surface area contributed by atoms with Crippen molar-refractivity contribution in [3.05, 3.63) is 0 Å². The highest BCUT2D eigenvalue weighted by Gasteiger charge is 1.94. The van der Waals surface area contributed by atoms with E-state index in [4.69, 9.17) is 0 Å². The third-order valence-electron chi connectivity index (χ3n) is 1.99. The molecular weight excluding hydrogens is 256 g/mol. The van der Waals surface area contributed by atoms with Crippen LogP contribution in [0.15, 0.2) is 0 Å². The Kier molecular flexibility index (Phi) is 11.6. The minimum atomic E-state index is -0.233. The van der Waals surface area contributed by atoms with E-state index in [1.165, 1.54) is 0 Å². The topological polar surface area (TPSA) is 82.3 Å². The molecule has 0 fully saturated rings. The summed E-state index contributed by atoms with van der Waals surface area (Å²) in [6.45, 7) is 5.73. The van der Waals surface area contributed by atoms with Gasteiger partial charge >= 0.3 is 12.1 Å². The fourth-order valence-electron chi connectivity index (χ4n) is 1.03. The summed E-state index contributed by atoms with van der Waals surface area (Å²) in [5.41, 5.74) is 0. The van der Waals surface area contributed by atoms with E-state index in [1.807, 2.05) is 13.8 Å². The molecule has 0 aliphatic rings. The molecular formula is C14H22N4O2.